The maximum atomic E-state index is 11.4. The molecule has 33 heavy (non-hydrogen) atoms. The zero-order chi connectivity index (χ0) is 26.0. The van der Waals surface area contributed by atoms with Gasteiger partial charge in [0.15, 0.2) is 0 Å². The molecular weight excluding hydrogens is 783 g/mol. The number of nitrogens with one attached hydrogen (secondary N) is 2. The molecule has 188 valence electrons. The zero-order valence-corrected chi connectivity index (χ0v) is 24.0. The van der Waals surface area contributed by atoms with Crippen LogP contribution in [0.1, 0.15) is 30.6 Å². The minimum Gasteiger partial charge on any atom is -0.478 e. The maximum Gasteiger partial charge on any atom is 0.338 e. The number of hydrogen-bond donors (Lipinski definition) is 9. The fourth-order valence-corrected chi connectivity index (χ4v) is 6.50. The van der Waals surface area contributed by atoms with Gasteiger partial charge in [0.05, 0.1) is 40.4 Å². The van der Waals surface area contributed by atoms with Crippen LogP contribution >= 0.6 is 67.8 Å². The normalized spacial score (nSPS) is 14.3. The molecule has 0 aliphatic heterocycles. The van der Waals surface area contributed by atoms with Gasteiger partial charge in [0.2, 0.25) is 11.8 Å². The number of carboxylic acid groups (broad SMARTS) is 1. The molecule has 15 heteroatoms. The first-order chi connectivity index (χ1) is 15.2. The summed E-state index contributed by atoms with van der Waals surface area (Å²) in [5, 5.41) is 59.3. The summed E-state index contributed by atoms with van der Waals surface area (Å²) < 4.78 is 1.44. The van der Waals surface area contributed by atoms with E-state index in [0.717, 1.165) is 0 Å². The summed E-state index contributed by atoms with van der Waals surface area (Å²) in [6.45, 7) is 2.17. The molecule has 10 N–H and O–H groups in total. The minimum atomic E-state index is -1.56. The predicted octanol–water partition coefficient (Wildman–Crippen LogP) is -0.114. The zero-order valence-electron chi connectivity index (χ0n) is 17.5. The summed E-state index contributed by atoms with van der Waals surface area (Å²) in [7, 11) is 0. The first-order valence-electron chi connectivity index (χ1n) is 9.23. The Morgan fingerprint density at radius 1 is 0.848 bits per heavy atom. The van der Waals surface area contributed by atoms with Crippen molar-refractivity contribution in [2.24, 2.45) is 5.73 Å². The number of hydrogen-bond acceptors (Lipinski definition) is 9. The number of carboxylic acids is 1. The van der Waals surface area contributed by atoms with Crippen LogP contribution in [0.5, 0.6) is 0 Å². The number of carbonyl (C=O) groups excluding carboxylic acids is 2. The van der Waals surface area contributed by atoms with Gasteiger partial charge in [-0.25, -0.2) is 4.79 Å². The number of aliphatic hydroxyl groups excluding tert-OH is 5. The lowest BCUT2D eigenvalue weighted by Gasteiger charge is -2.25. The van der Waals surface area contributed by atoms with E-state index in [0.29, 0.717) is 22.1 Å². The Balaban J connectivity index is 0.000000684. The molecule has 0 heterocycles. The average Bonchev–Trinajstić information content (AvgIpc) is 2.72. The van der Waals surface area contributed by atoms with Crippen LogP contribution in [0.25, 0.3) is 0 Å². The van der Waals surface area contributed by atoms with Gasteiger partial charge in [-0.3, -0.25) is 9.59 Å². The van der Waals surface area contributed by atoms with Crippen LogP contribution in [-0.2, 0) is 9.59 Å². The summed E-state index contributed by atoms with van der Waals surface area (Å²) in [6, 6.07) is 0. The van der Waals surface area contributed by atoms with Gasteiger partial charge in [0.1, 0.15) is 18.3 Å². The van der Waals surface area contributed by atoms with Gasteiger partial charge >= 0.3 is 5.97 Å². The molecule has 0 fully saturated rings. The van der Waals surface area contributed by atoms with Crippen LogP contribution in [-0.4, -0.2) is 86.0 Å². The second kappa shape index (κ2) is 15.5. The Labute approximate surface area is 230 Å². The van der Waals surface area contributed by atoms with Crippen LogP contribution in [0.15, 0.2) is 0 Å². The average molecular weight is 809 g/mol. The Bertz CT molecular complexity index is 814. The highest BCUT2D eigenvalue weighted by molar-refractivity contribution is 14.1. The smallest absolute Gasteiger partial charge is 0.338 e. The van der Waals surface area contributed by atoms with E-state index in [9.17, 15) is 24.6 Å². The van der Waals surface area contributed by atoms with Crippen LogP contribution in [0, 0.1) is 10.7 Å². The summed E-state index contributed by atoms with van der Waals surface area (Å²) >= 11 is 5.71. The van der Waals surface area contributed by atoms with E-state index in [-0.39, 0.29) is 30.3 Å². The van der Waals surface area contributed by atoms with Gasteiger partial charge in [-0.1, -0.05) is 0 Å². The fourth-order valence-electron chi connectivity index (χ4n) is 2.33. The second-order valence-corrected chi connectivity index (χ2v) is 9.85. The van der Waals surface area contributed by atoms with E-state index >= 15 is 0 Å². The number of nitrogens with two attached hydrogens (primary N) is 1. The highest BCUT2D eigenvalue weighted by Crippen LogP contribution is 2.38. The van der Waals surface area contributed by atoms with Crippen molar-refractivity contribution in [3.8, 4) is 0 Å². The predicted molar refractivity (Wildman–Crippen MR) is 145 cm³/mol. The van der Waals surface area contributed by atoms with Gasteiger partial charge in [-0.2, -0.15) is 0 Å². The molecule has 0 aliphatic carbocycles. The number of amides is 2. The quantitative estimate of drug-likeness (QED) is 0.151. The van der Waals surface area contributed by atoms with Gasteiger partial charge in [-0.05, 0) is 80.7 Å². The van der Waals surface area contributed by atoms with E-state index in [1.165, 1.54) is 13.8 Å². The molecular formula is C18H26I3N3O9. The number of halogens is 3. The fraction of sp³-hybridized carbons (Fsp3) is 0.500. The number of carbonyl (C=O) groups is 3. The molecule has 1 rings (SSSR count). The molecule has 0 unspecified atom stereocenters. The molecule has 2 amide bonds. The van der Waals surface area contributed by atoms with E-state index in [1.54, 1.807) is 0 Å². The highest BCUT2D eigenvalue weighted by atomic mass is 127. The number of aromatic carboxylic acids is 1. The molecule has 1 aromatic rings. The molecule has 0 saturated heterocycles. The summed E-state index contributed by atoms with van der Waals surface area (Å²) in [4.78, 5) is 33.9. The SMILES string of the molecule is CC(=O)Nc1c(I)c(NC(C)=O)c(I)c(C(=O)O)c1I.NCC[C@H](O)[C@@H](O)[C@H](O)[C@H](O)CO. The third kappa shape index (κ3) is 9.99. The van der Waals surface area contributed by atoms with Gasteiger partial charge in [0.25, 0.3) is 0 Å². The maximum absolute atomic E-state index is 11.4. The summed E-state index contributed by atoms with van der Waals surface area (Å²) in [6.07, 6.45) is -5.59. The minimum absolute atomic E-state index is 0.0547. The van der Waals surface area contributed by atoms with E-state index < -0.39 is 37.0 Å². The lowest BCUT2D eigenvalue weighted by Crippen LogP contribution is -2.46. The third-order valence-electron chi connectivity index (χ3n) is 3.92. The van der Waals surface area contributed by atoms with Crippen LogP contribution in [0.2, 0.25) is 0 Å². The number of rotatable bonds is 9. The van der Waals surface area contributed by atoms with Crippen LogP contribution in [0.4, 0.5) is 11.4 Å². The van der Waals surface area contributed by atoms with Crippen molar-refractivity contribution in [2.45, 2.75) is 44.7 Å². The Morgan fingerprint density at radius 2 is 1.24 bits per heavy atom. The molecule has 1 aromatic carbocycles. The number of aliphatic hydroxyl groups is 5. The van der Waals surface area contributed by atoms with Crippen molar-refractivity contribution in [3.63, 3.8) is 0 Å². The first kappa shape index (κ1) is 32.6. The van der Waals surface area contributed by atoms with Gasteiger partial charge in [-0.15, -0.1) is 0 Å². The van der Waals surface area contributed by atoms with Gasteiger partial charge in [0, 0.05) is 13.8 Å². The van der Waals surface area contributed by atoms with Crippen LogP contribution in [0.3, 0.4) is 0 Å². The first-order valence-corrected chi connectivity index (χ1v) is 12.5. The lowest BCUT2D eigenvalue weighted by molar-refractivity contribution is -0.115. The Morgan fingerprint density at radius 3 is 1.55 bits per heavy atom. The summed E-state index contributed by atoms with van der Waals surface area (Å²) in [5.74, 6) is -1.74. The van der Waals surface area contributed by atoms with E-state index in [1.807, 2.05) is 67.8 Å². The molecule has 0 aliphatic rings. The van der Waals surface area contributed by atoms with Gasteiger partial charge < -0.3 is 47.0 Å². The van der Waals surface area contributed by atoms with E-state index in [4.69, 9.17) is 26.2 Å². The number of anilines is 2. The molecule has 0 saturated carbocycles. The molecule has 12 nitrogen and oxygen atoms in total. The third-order valence-corrected chi connectivity index (χ3v) is 7.16. The number of benzene rings is 1. The van der Waals surface area contributed by atoms with Crippen molar-refractivity contribution in [1.82, 2.24) is 0 Å². The second-order valence-electron chi connectivity index (χ2n) is 6.61. The standard InChI is InChI=1S/C11H9I3N2O4.C7H17NO5/c1-3(17)15-9-6(12)5(11(19)20)7(13)10(8(9)14)16-4(2)18;8-2-1-4(10)6(12)7(13)5(11)3-9/h1-2H3,(H,15,17)(H,16,18)(H,19,20);4-7,9-13H,1-3,8H2/t;4-,5+,6+,7+/m.0/s1. The lowest BCUT2D eigenvalue weighted by atomic mass is 10.0. The van der Waals surface area contributed by atoms with Crippen molar-refractivity contribution >= 4 is 96.9 Å². The highest BCUT2D eigenvalue weighted by Gasteiger charge is 2.29. The molecule has 0 bridgehead atoms. The summed E-state index contributed by atoms with van der Waals surface area (Å²) in [5.41, 5.74) is 5.94. The largest absolute Gasteiger partial charge is 0.478 e. The van der Waals surface area contributed by atoms with Crippen molar-refractivity contribution in [1.29, 1.82) is 0 Å². The Hall–Kier alpha value is -0.420. The van der Waals surface area contributed by atoms with Crippen molar-refractivity contribution in [2.75, 3.05) is 23.8 Å². The molecule has 4 atom stereocenters. The molecule has 0 radical (unpaired) electrons. The topological polar surface area (TPSA) is 223 Å². The van der Waals surface area contributed by atoms with Crippen molar-refractivity contribution < 1.29 is 45.0 Å². The van der Waals surface area contributed by atoms with Crippen molar-refractivity contribution in [3.05, 3.63) is 16.3 Å². The molecule has 0 aromatic heterocycles. The molecule has 0 spiro atoms. The van der Waals surface area contributed by atoms with E-state index in [2.05, 4.69) is 10.6 Å². The monoisotopic (exact) mass is 809 g/mol. The Kier molecular flexibility index (Phi) is 15.4. The van der Waals surface area contributed by atoms with Crippen LogP contribution < -0.4 is 16.4 Å².